The van der Waals surface area contributed by atoms with Crippen LogP contribution in [0.2, 0.25) is 0 Å². The Kier molecular flexibility index (Phi) is 5.92. The van der Waals surface area contributed by atoms with Crippen LogP contribution in [0.4, 0.5) is 16.2 Å². The van der Waals surface area contributed by atoms with Crippen molar-refractivity contribution in [2.45, 2.75) is 11.4 Å². The Balaban J connectivity index is 1.28. The first kappa shape index (κ1) is 18.8. The predicted molar refractivity (Wildman–Crippen MR) is 120 cm³/mol. The zero-order chi connectivity index (χ0) is 19.9. The second-order valence-electron chi connectivity index (χ2n) is 6.46. The summed E-state index contributed by atoms with van der Waals surface area (Å²) in [5.41, 5.74) is 2.65. The molecule has 0 saturated carbocycles. The first-order valence-corrected chi connectivity index (χ1v) is 10.0. The molecule has 0 atom stereocenters. The molecule has 0 unspecified atom stereocenters. The number of aromatic nitrogens is 1. The number of nitrogens with one attached hydrogen (secondary N) is 3. The third-order valence-electron chi connectivity index (χ3n) is 4.33. The number of carbonyl (C=O) groups excluding carboxylic acids is 1. The van der Waals surface area contributed by atoms with Crippen molar-refractivity contribution in [1.29, 1.82) is 0 Å². The van der Waals surface area contributed by atoms with E-state index >= 15 is 0 Å². The molecule has 0 bridgehead atoms. The summed E-state index contributed by atoms with van der Waals surface area (Å²) in [5.74, 6) is 0. The average molecular weight is 401 g/mol. The number of nitrogens with zero attached hydrogens (tertiary/aromatic N) is 1. The van der Waals surface area contributed by atoms with Gasteiger partial charge in [0.1, 0.15) is 0 Å². The van der Waals surface area contributed by atoms with Gasteiger partial charge in [0.05, 0.1) is 0 Å². The summed E-state index contributed by atoms with van der Waals surface area (Å²) < 4.78 is 3.33. The molecule has 0 aliphatic rings. The summed E-state index contributed by atoms with van der Waals surface area (Å²) in [6.07, 6.45) is 3.44. The van der Waals surface area contributed by atoms with Gasteiger partial charge in [-0.3, -0.25) is 4.98 Å². The number of fused-ring (bicyclic) bond motifs is 1. The Morgan fingerprint density at radius 2 is 1.66 bits per heavy atom. The van der Waals surface area contributed by atoms with Gasteiger partial charge in [-0.25, -0.2) is 4.79 Å². The normalized spacial score (nSPS) is 10.5. The quantitative estimate of drug-likeness (QED) is 0.365. The molecule has 5 nitrogen and oxygen atoms in total. The lowest BCUT2D eigenvalue weighted by Crippen LogP contribution is -2.28. The first-order valence-electron chi connectivity index (χ1n) is 9.22. The smallest absolute Gasteiger partial charge is 0.319 e. The minimum absolute atomic E-state index is 0.250. The molecular formula is C23H20N4OS. The monoisotopic (exact) mass is 400 g/mol. The Hall–Kier alpha value is -3.51. The maximum Gasteiger partial charge on any atom is 0.319 e. The highest BCUT2D eigenvalue weighted by Gasteiger charge is 2.03. The van der Waals surface area contributed by atoms with E-state index in [-0.39, 0.29) is 6.03 Å². The van der Waals surface area contributed by atoms with E-state index in [0.29, 0.717) is 6.54 Å². The van der Waals surface area contributed by atoms with Crippen molar-refractivity contribution in [3.63, 3.8) is 0 Å². The Morgan fingerprint density at radius 1 is 0.862 bits per heavy atom. The van der Waals surface area contributed by atoms with E-state index < -0.39 is 0 Å². The zero-order valence-corrected chi connectivity index (χ0v) is 16.4. The molecule has 0 fully saturated rings. The van der Waals surface area contributed by atoms with E-state index in [9.17, 15) is 4.79 Å². The second kappa shape index (κ2) is 9.12. The predicted octanol–water partition coefficient (Wildman–Crippen LogP) is 5.68. The SMILES string of the molecule is O=C(NCc1cccnc1)Nc1ccc(NSc2ccc3ccccc3c2)cc1. The van der Waals surface area contributed by atoms with Gasteiger partial charge in [-0.2, -0.15) is 0 Å². The number of rotatable bonds is 6. The summed E-state index contributed by atoms with van der Waals surface area (Å²) in [5, 5.41) is 8.09. The number of carbonyl (C=O) groups is 1. The molecule has 29 heavy (non-hydrogen) atoms. The van der Waals surface area contributed by atoms with E-state index in [0.717, 1.165) is 21.8 Å². The Morgan fingerprint density at radius 3 is 2.45 bits per heavy atom. The van der Waals surface area contributed by atoms with Crippen molar-refractivity contribution < 1.29 is 4.79 Å². The summed E-state index contributed by atoms with van der Waals surface area (Å²) in [6, 6.07) is 25.8. The summed E-state index contributed by atoms with van der Waals surface area (Å²) in [6.45, 7) is 0.432. The first-order chi connectivity index (χ1) is 14.3. The summed E-state index contributed by atoms with van der Waals surface area (Å²) >= 11 is 1.56. The van der Waals surface area contributed by atoms with E-state index in [1.165, 1.54) is 10.8 Å². The van der Waals surface area contributed by atoms with Crippen LogP contribution in [0.1, 0.15) is 5.56 Å². The zero-order valence-electron chi connectivity index (χ0n) is 15.6. The average Bonchev–Trinajstić information content (AvgIpc) is 2.78. The van der Waals surface area contributed by atoms with Crippen LogP contribution in [0.5, 0.6) is 0 Å². The fourth-order valence-electron chi connectivity index (χ4n) is 2.83. The lowest BCUT2D eigenvalue weighted by atomic mass is 10.1. The molecule has 4 rings (SSSR count). The van der Waals surface area contributed by atoms with E-state index in [4.69, 9.17) is 0 Å². The molecular weight excluding hydrogens is 380 g/mol. The van der Waals surface area contributed by atoms with Crippen LogP contribution >= 0.6 is 11.9 Å². The van der Waals surface area contributed by atoms with Crippen molar-refractivity contribution in [1.82, 2.24) is 10.3 Å². The van der Waals surface area contributed by atoms with Crippen LogP contribution in [-0.4, -0.2) is 11.0 Å². The third kappa shape index (κ3) is 5.27. The summed E-state index contributed by atoms with van der Waals surface area (Å²) in [4.78, 5) is 17.2. The molecule has 1 heterocycles. The van der Waals surface area contributed by atoms with E-state index in [1.807, 2.05) is 48.5 Å². The van der Waals surface area contributed by atoms with Gasteiger partial charge in [0, 0.05) is 35.2 Å². The molecule has 0 saturated heterocycles. The fraction of sp³-hybridized carbons (Fsp3) is 0.0435. The van der Waals surface area contributed by atoms with Gasteiger partial charge in [0.25, 0.3) is 0 Å². The number of pyridine rings is 1. The largest absolute Gasteiger partial charge is 0.334 e. The number of hydrogen-bond acceptors (Lipinski definition) is 4. The van der Waals surface area contributed by atoms with Gasteiger partial charge in [0.15, 0.2) is 0 Å². The van der Waals surface area contributed by atoms with Crippen molar-refractivity contribution in [3.8, 4) is 0 Å². The molecule has 0 aliphatic carbocycles. The van der Waals surface area contributed by atoms with E-state index in [2.05, 4.69) is 50.7 Å². The molecule has 144 valence electrons. The van der Waals surface area contributed by atoms with E-state index in [1.54, 1.807) is 24.3 Å². The molecule has 0 spiro atoms. The van der Waals surface area contributed by atoms with Gasteiger partial charge in [-0.05, 0) is 70.7 Å². The van der Waals surface area contributed by atoms with Crippen LogP contribution < -0.4 is 15.4 Å². The van der Waals surface area contributed by atoms with Gasteiger partial charge < -0.3 is 15.4 Å². The van der Waals surface area contributed by atoms with Crippen LogP contribution in [0, 0.1) is 0 Å². The topological polar surface area (TPSA) is 66.0 Å². The molecule has 3 aromatic carbocycles. The Bertz CT molecular complexity index is 1100. The molecule has 1 aromatic heterocycles. The van der Waals surface area contributed by atoms with Crippen LogP contribution in [-0.2, 0) is 6.54 Å². The highest BCUT2D eigenvalue weighted by Crippen LogP contribution is 2.25. The highest BCUT2D eigenvalue weighted by molar-refractivity contribution is 8.00. The third-order valence-corrected chi connectivity index (χ3v) is 5.15. The van der Waals surface area contributed by atoms with Crippen molar-refractivity contribution in [2.75, 3.05) is 10.0 Å². The van der Waals surface area contributed by atoms with Crippen LogP contribution in [0.25, 0.3) is 10.8 Å². The maximum absolute atomic E-state index is 12.0. The van der Waals surface area contributed by atoms with Gasteiger partial charge in [-0.15, -0.1) is 0 Å². The molecule has 4 aromatic rings. The molecule has 2 amide bonds. The second-order valence-corrected chi connectivity index (χ2v) is 7.34. The van der Waals surface area contributed by atoms with Gasteiger partial charge >= 0.3 is 6.03 Å². The molecule has 0 aliphatic heterocycles. The van der Waals surface area contributed by atoms with Gasteiger partial charge in [0.2, 0.25) is 0 Å². The van der Waals surface area contributed by atoms with Crippen molar-refractivity contribution >= 4 is 40.1 Å². The molecule has 0 radical (unpaired) electrons. The molecule has 3 N–H and O–H groups in total. The number of urea groups is 1. The fourth-order valence-corrected chi connectivity index (χ4v) is 3.52. The number of benzene rings is 3. The van der Waals surface area contributed by atoms with Crippen LogP contribution in [0.3, 0.4) is 0 Å². The van der Waals surface area contributed by atoms with Crippen LogP contribution in [0.15, 0.2) is 96.2 Å². The van der Waals surface area contributed by atoms with Gasteiger partial charge in [-0.1, -0.05) is 36.4 Å². The maximum atomic E-state index is 12.0. The Labute approximate surface area is 173 Å². The highest BCUT2D eigenvalue weighted by atomic mass is 32.2. The lowest BCUT2D eigenvalue weighted by molar-refractivity contribution is 0.251. The van der Waals surface area contributed by atoms with Crippen molar-refractivity contribution in [2.24, 2.45) is 0 Å². The van der Waals surface area contributed by atoms with Crippen molar-refractivity contribution in [3.05, 3.63) is 96.8 Å². The summed E-state index contributed by atoms with van der Waals surface area (Å²) in [7, 11) is 0. The number of amides is 2. The number of hydrogen-bond donors (Lipinski definition) is 3. The number of anilines is 2. The molecule has 6 heteroatoms. The minimum Gasteiger partial charge on any atom is -0.334 e. The standard InChI is InChI=1S/C23H20N4OS/c28-23(25-16-17-4-3-13-24-15-17)26-20-8-10-21(11-9-20)27-29-22-12-7-18-5-1-2-6-19(18)14-22/h1-15,27H,16H2,(H2,25,26,28). The minimum atomic E-state index is -0.250. The lowest BCUT2D eigenvalue weighted by Gasteiger charge is -2.09.